The maximum Gasteiger partial charge on any atom is 1.00 e. The molecule has 40 heavy (non-hydrogen) atoms. The van der Waals surface area contributed by atoms with Crippen LogP contribution in [0.15, 0.2) is 30.2 Å². The summed E-state index contributed by atoms with van der Waals surface area (Å²) in [4.78, 5) is 27.6. The quantitative estimate of drug-likeness (QED) is 0.0797. The fourth-order valence-electron chi connectivity index (χ4n) is 3.44. The molecule has 3 N–H and O–H groups in total. The van der Waals surface area contributed by atoms with Gasteiger partial charge in [-0.3, -0.25) is 13.5 Å². The first-order chi connectivity index (χ1) is 18.1. The minimum atomic E-state index is -4.66. The second kappa shape index (κ2) is 12.8. The van der Waals surface area contributed by atoms with Gasteiger partial charge in [-0.2, -0.15) is 26.3 Å². The van der Waals surface area contributed by atoms with E-state index in [-0.39, 0.29) is 45.9 Å². The first kappa shape index (κ1) is 33.0. The SMILES string of the molecule is O=P([O-])(OC[C@H]1O[C@@H](n2cnc3c(NCC(F)(F)F)nc(SCCC(F)(F)F)nc32)[C@H](O)[C@@H]1O)n1ccnc1.[Na+]. The molecule has 4 heterocycles. The molecule has 216 valence electrons. The molecule has 3 aromatic rings. The first-order valence-corrected chi connectivity index (χ1v) is 13.3. The molecule has 0 spiro atoms. The number of nitrogens with one attached hydrogen (secondary N) is 1. The number of nitrogens with zero attached hydrogens (tertiary/aromatic N) is 6. The first-order valence-electron chi connectivity index (χ1n) is 10.9. The largest absolute Gasteiger partial charge is 1.00 e. The Bertz CT molecular complexity index is 1330. The smallest absolute Gasteiger partial charge is 0.761 e. The van der Waals surface area contributed by atoms with Gasteiger partial charge in [0, 0.05) is 18.1 Å². The topological polar surface area (TPSA) is 172 Å². The number of anilines is 1. The second-order valence-electron chi connectivity index (χ2n) is 8.11. The minimum Gasteiger partial charge on any atom is -0.761 e. The van der Waals surface area contributed by atoms with Gasteiger partial charge in [-0.15, -0.1) is 0 Å². The number of imidazole rings is 2. The van der Waals surface area contributed by atoms with Crippen LogP contribution in [0.3, 0.4) is 0 Å². The van der Waals surface area contributed by atoms with Gasteiger partial charge in [0.2, 0.25) is 7.75 Å². The van der Waals surface area contributed by atoms with Crippen LogP contribution in [0.5, 0.6) is 0 Å². The molecular weight excluding hydrogens is 610 g/mol. The van der Waals surface area contributed by atoms with Crippen LogP contribution in [0.1, 0.15) is 12.6 Å². The van der Waals surface area contributed by atoms with E-state index in [9.17, 15) is 46.0 Å². The summed E-state index contributed by atoms with van der Waals surface area (Å²) in [5.41, 5.74) is -0.455. The van der Waals surface area contributed by atoms with E-state index in [1.165, 1.54) is 6.20 Å². The molecule has 5 atom stereocenters. The predicted molar refractivity (Wildman–Crippen MR) is 118 cm³/mol. The summed E-state index contributed by atoms with van der Waals surface area (Å²) in [7, 11) is -4.66. The van der Waals surface area contributed by atoms with E-state index in [2.05, 4.69) is 19.9 Å². The molecule has 0 bridgehead atoms. The number of rotatable bonds is 10. The zero-order chi connectivity index (χ0) is 28.6. The third-order valence-electron chi connectivity index (χ3n) is 5.26. The van der Waals surface area contributed by atoms with Crippen LogP contribution in [0.2, 0.25) is 0 Å². The van der Waals surface area contributed by atoms with E-state index in [4.69, 9.17) is 9.26 Å². The van der Waals surface area contributed by atoms with Crippen LogP contribution in [0.25, 0.3) is 11.2 Å². The maximum atomic E-state index is 12.8. The van der Waals surface area contributed by atoms with Gasteiger partial charge in [-0.25, -0.2) is 19.9 Å². The molecule has 0 saturated carbocycles. The molecule has 1 saturated heterocycles. The molecule has 0 radical (unpaired) electrons. The number of fused-ring (bicyclic) bond motifs is 1. The van der Waals surface area contributed by atoms with Crippen molar-refractivity contribution in [1.82, 2.24) is 28.8 Å². The number of hydrogen-bond donors (Lipinski definition) is 3. The summed E-state index contributed by atoms with van der Waals surface area (Å²) in [5, 5.41) is 22.7. The van der Waals surface area contributed by atoms with Gasteiger partial charge in [-0.05, 0) is 0 Å². The van der Waals surface area contributed by atoms with Crippen molar-refractivity contribution in [2.45, 2.75) is 48.5 Å². The summed E-state index contributed by atoms with van der Waals surface area (Å²) in [6.45, 7) is -2.27. The van der Waals surface area contributed by atoms with Crippen LogP contribution in [0, 0.1) is 0 Å². The summed E-state index contributed by atoms with van der Waals surface area (Å²) < 4.78 is 100. The fourth-order valence-corrected chi connectivity index (χ4v) is 5.14. The molecule has 4 rings (SSSR count). The normalized spacial score (nSPS) is 23.2. The Morgan fingerprint density at radius 3 is 2.50 bits per heavy atom. The standard InChI is InChI=1S/C18H20F6N7O6PS.Na/c19-17(20,21)1-4-39-16-28-13(26-6-18(22,23)24)10-14(29-16)31(8-27-10)15-12(33)11(32)9(37-15)5-36-38(34,35)30-3-2-25-7-30;/h2-3,7-9,11-12,15,32-33H,1,4-6H2,(H,34,35)(H,26,28,29);/q;+1/p-1/t9-,11-,12-,15-;/m1./s1. The average Bonchev–Trinajstić information content (AvgIpc) is 3.56. The Kier molecular flexibility index (Phi) is 10.6. The molecular formula is C18H19F6N7NaO6PS. The molecule has 1 aliphatic heterocycles. The molecule has 13 nitrogen and oxygen atoms in total. The van der Waals surface area contributed by atoms with Crippen LogP contribution in [-0.2, 0) is 13.8 Å². The van der Waals surface area contributed by atoms with Crippen molar-refractivity contribution in [3.63, 3.8) is 0 Å². The molecule has 0 amide bonds. The molecule has 1 unspecified atom stereocenters. The number of halogens is 6. The number of thioether (sulfide) groups is 1. The van der Waals surface area contributed by atoms with Crippen LogP contribution >= 0.6 is 19.5 Å². The van der Waals surface area contributed by atoms with Gasteiger partial charge >= 0.3 is 41.9 Å². The van der Waals surface area contributed by atoms with Gasteiger partial charge in [-0.1, -0.05) is 11.8 Å². The third-order valence-corrected chi connectivity index (χ3v) is 7.39. The Labute approximate surface area is 247 Å². The monoisotopic (exact) mass is 629 g/mol. The number of hydrogen-bond acceptors (Lipinski definition) is 12. The fraction of sp³-hybridized carbons (Fsp3) is 0.556. The van der Waals surface area contributed by atoms with Crippen LogP contribution < -0.4 is 39.8 Å². The van der Waals surface area contributed by atoms with Crippen molar-refractivity contribution in [3.05, 3.63) is 25.0 Å². The molecule has 1 aliphatic rings. The van der Waals surface area contributed by atoms with Gasteiger partial charge in [0.15, 0.2) is 28.4 Å². The average molecular weight is 629 g/mol. The van der Waals surface area contributed by atoms with Crippen molar-refractivity contribution in [1.29, 1.82) is 0 Å². The zero-order valence-electron chi connectivity index (χ0n) is 20.3. The van der Waals surface area contributed by atoms with Crippen molar-refractivity contribution in [3.8, 4) is 0 Å². The number of aromatic nitrogens is 6. The molecule has 0 aliphatic carbocycles. The molecule has 0 aromatic carbocycles. The van der Waals surface area contributed by atoms with E-state index in [1.54, 1.807) is 0 Å². The summed E-state index contributed by atoms with van der Waals surface area (Å²) >= 11 is 0.525. The maximum absolute atomic E-state index is 12.8. The number of alkyl halides is 6. The summed E-state index contributed by atoms with van der Waals surface area (Å²) in [5.74, 6) is -0.972. The van der Waals surface area contributed by atoms with Gasteiger partial charge in [0.25, 0.3) is 0 Å². The van der Waals surface area contributed by atoms with Crippen LogP contribution in [0.4, 0.5) is 32.2 Å². The van der Waals surface area contributed by atoms with Gasteiger partial charge < -0.3 is 29.7 Å². The Hall–Kier alpha value is -1.48. The number of aliphatic hydroxyl groups excluding tert-OH is 2. The van der Waals surface area contributed by atoms with E-state index in [0.29, 0.717) is 16.1 Å². The Morgan fingerprint density at radius 1 is 1.15 bits per heavy atom. The van der Waals surface area contributed by atoms with Gasteiger partial charge in [0.05, 0.1) is 19.4 Å². The molecule has 22 heteroatoms. The van der Waals surface area contributed by atoms with E-state index in [1.807, 2.05) is 5.32 Å². The Balaban J connectivity index is 0.00000441. The summed E-state index contributed by atoms with van der Waals surface area (Å²) in [6, 6.07) is 0. The van der Waals surface area contributed by atoms with Crippen molar-refractivity contribution < 1.29 is 84.8 Å². The van der Waals surface area contributed by atoms with Crippen molar-refractivity contribution >= 4 is 36.5 Å². The van der Waals surface area contributed by atoms with Crippen LogP contribution in [-0.4, -0.2) is 88.6 Å². The molecule has 1 fully saturated rings. The van der Waals surface area contributed by atoms with E-state index >= 15 is 0 Å². The number of ether oxygens (including phenoxy) is 1. The van der Waals surface area contributed by atoms with Crippen molar-refractivity contribution in [2.24, 2.45) is 0 Å². The van der Waals surface area contributed by atoms with E-state index < -0.39 is 75.8 Å². The predicted octanol–water partition coefficient (Wildman–Crippen LogP) is -1.30. The zero-order valence-corrected chi connectivity index (χ0v) is 24.0. The number of aliphatic hydroxyl groups is 2. The summed E-state index contributed by atoms with van der Waals surface area (Å²) in [6.07, 6.45) is -12.4. The Morgan fingerprint density at radius 2 is 1.88 bits per heavy atom. The third kappa shape index (κ3) is 8.08. The molecule has 3 aromatic heterocycles. The second-order valence-corrected chi connectivity index (χ2v) is 10.8. The van der Waals surface area contributed by atoms with Gasteiger partial charge in [0.1, 0.15) is 31.2 Å². The minimum absolute atomic E-state index is 0. The van der Waals surface area contributed by atoms with Crippen molar-refractivity contribution in [2.75, 3.05) is 24.2 Å². The van der Waals surface area contributed by atoms with E-state index in [0.717, 1.165) is 23.4 Å².